The standard InChI is InChI=1S/C22H18N6OS/c29-22(23-13-20-25-24-19-10-4-5-11-28(19)20)17-15-27(14-16-7-2-1-3-8-16)26-21(17)18-9-6-12-30-18/h1-12,15H,13-14H2,(H,23,29). The zero-order chi connectivity index (χ0) is 20.3. The second-order valence-electron chi connectivity index (χ2n) is 6.78. The molecular weight excluding hydrogens is 396 g/mol. The summed E-state index contributed by atoms with van der Waals surface area (Å²) in [7, 11) is 0. The zero-order valence-electron chi connectivity index (χ0n) is 16.0. The van der Waals surface area contributed by atoms with E-state index in [-0.39, 0.29) is 12.5 Å². The molecule has 5 rings (SSSR count). The molecule has 0 aliphatic heterocycles. The summed E-state index contributed by atoms with van der Waals surface area (Å²) in [6.07, 6.45) is 3.69. The molecule has 0 spiro atoms. The number of nitrogens with zero attached hydrogens (tertiary/aromatic N) is 5. The summed E-state index contributed by atoms with van der Waals surface area (Å²) in [5.41, 5.74) is 3.10. The highest BCUT2D eigenvalue weighted by molar-refractivity contribution is 7.13. The summed E-state index contributed by atoms with van der Waals surface area (Å²) in [4.78, 5) is 14.0. The molecule has 0 aliphatic carbocycles. The topological polar surface area (TPSA) is 77.1 Å². The Balaban J connectivity index is 1.41. The molecule has 1 N–H and O–H groups in total. The van der Waals surface area contributed by atoms with Crippen LogP contribution in [0.3, 0.4) is 0 Å². The fourth-order valence-electron chi connectivity index (χ4n) is 3.30. The van der Waals surface area contributed by atoms with Crippen molar-refractivity contribution in [2.45, 2.75) is 13.1 Å². The number of hydrogen-bond donors (Lipinski definition) is 1. The highest BCUT2D eigenvalue weighted by Gasteiger charge is 2.19. The Hall–Kier alpha value is -3.78. The average Bonchev–Trinajstić information content (AvgIpc) is 3.52. The van der Waals surface area contributed by atoms with E-state index >= 15 is 0 Å². The Morgan fingerprint density at radius 3 is 2.70 bits per heavy atom. The highest BCUT2D eigenvalue weighted by atomic mass is 32.1. The van der Waals surface area contributed by atoms with E-state index in [9.17, 15) is 4.79 Å². The van der Waals surface area contributed by atoms with Crippen LogP contribution in [0.4, 0.5) is 0 Å². The lowest BCUT2D eigenvalue weighted by Crippen LogP contribution is -2.24. The van der Waals surface area contributed by atoms with Gasteiger partial charge in [-0.05, 0) is 29.1 Å². The molecule has 0 aliphatic rings. The van der Waals surface area contributed by atoms with Crippen LogP contribution in [0.25, 0.3) is 16.2 Å². The molecule has 4 aromatic heterocycles. The fraction of sp³-hybridized carbons (Fsp3) is 0.0909. The van der Waals surface area contributed by atoms with E-state index in [4.69, 9.17) is 5.10 Å². The van der Waals surface area contributed by atoms with Crippen molar-refractivity contribution < 1.29 is 4.79 Å². The van der Waals surface area contributed by atoms with Crippen molar-refractivity contribution in [2.75, 3.05) is 0 Å². The van der Waals surface area contributed by atoms with Crippen molar-refractivity contribution >= 4 is 22.9 Å². The van der Waals surface area contributed by atoms with Crippen molar-refractivity contribution in [2.24, 2.45) is 0 Å². The van der Waals surface area contributed by atoms with Crippen LogP contribution >= 0.6 is 11.3 Å². The van der Waals surface area contributed by atoms with Crippen molar-refractivity contribution in [1.29, 1.82) is 0 Å². The summed E-state index contributed by atoms with van der Waals surface area (Å²) >= 11 is 1.56. The monoisotopic (exact) mass is 414 g/mol. The number of amides is 1. The minimum Gasteiger partial charge on any atom is -0.345 e. The van der Waals surface area contributed by atoms with Crippen LogP contribution in [0.2, 0.25) is 0 Å². The Morgan fingerprint density at radius 1 is 1.00 bits per heavy atom. The third kappa shape index (κ3) is 3.60. The van der Waals surface area contributed by atoms with Gasteiger partial charge in [-0.25, -0.2) is 0 Å². The first-order valence-electron chi connectivity index (χ1n) is 9.50. The molecule has 1 amide bonds. The molecule has 8 heteroatoms. The molecule has 148 valence electrons. The van der Waals surface area contributed by atoms with E-state index < -0.39 is 0 Å². The summed E-state index contributed by atoms with van der Waals surface area (Å²) < 4.78 is 3.67. The molecule has 30 heavy (non-hydrogen) atoms. The Kier molecular flexibility index (Phi) is 4.82. The van der Waals surface area contributed by atoms with Crippen LogP contribution in [0, 0.1) is 0 Å². The van der Waals surface area contributed by atoms with E-state index in [1.807, 2.05) is 81.3 Å². The van der Waals surface area contributed by atoms with E-state index in [1.54, 1.807) is 17.5 Å². The fourth-order valence-corrected chi connectivity index (χ4v) is 4.02. The lowest BCUT2D eigenvalue weighted by atomic mass is 10.2. The van der Waals surface area contributed by atoms with Gasteiger partial charge in [-0.2, -0.15) is 5.10 Å². The molecule has 0 saturated carbocycles. The smallest absolute Gasteiger partial charge is 0.255 e. The summed E-state index contributed by atoms with van der Waals surface area (Å²) in [6, 6.07) is 19.7. The van der Waals surface area contributed by atoms with Crippen LogP contribution < -0.4 is 5.32 Å². The van der Waals surface area contributed by atoms with Crippen LogP contribution in [0.5, 0.6) is 0 Å². The number of rotatable bonds is 6. The van der Waals surface area contributed by atoms with Gasteiger partial charge in [-0.3, -0.25) is 13.9 Å². The predicted octanol–water partition coefficient (Wildman–Crippen LogP) is 3.63. The molecule has 7 nitrogen and oxygen atoms in total. The van der Waals surface area contributed by atoms with E-state index in [2.05, 4.69) is 15.5 Å². The van der Waals surface area contributed by atoms with Gasteiger partial charge in [0.05, 0.1) is 23.5 Å². The Bertz CT molecular complexity index is 1290. The Morgan fingerprint density at radius 2 is 1.87 bits per heavy atom. The van der Waals surface area contributed by atoms with Gasteiger partial charge in [0.15, 0.2) is 11.5 Å². The van der Waals surface area contributed by atoms with Gasteiger partial charge in [0, 0.05) is 12.4 Å². The quantitative estimate of drug-likeness (QED) is 0.460. The number of carbonyl (C=O) groups is 1. The van der Waals surface area contributed by atoms with Crippen LogP contribution in [0.15, 0.2) is 78.4 Å². The number of thiophene rings is 1. The average molecular weight is 414 g/mol. The molecule has 0 fully saturated rings. The lowest BCUT2D eigenvalue weighted by Gasteiger charge is -2.04. The second-order valence-corrected chi connectivity index (χ2v) is 7.73. The van der Waals surface area contributed by atoms with Crippen LogP contribution in [0.1, 0.15) is 21.7 Å². The summed E-state index contributed by atoms with van der Waals surface area (Å²) in [5.74, 6) is 0.485. The third-order valence-electron chi connectivity index (χ3n) is 4.74. The van der Waals surface area contributed by atoms with Crippen LogP contribution in [-0.2, 0) is 13.1 Å². The predicted molar refractivity (Wildman–Crippen MR) is 115 cm³/mol. The number of pyridine rings is 1. The molecule has 0 radical (unpaired) electrons. The molecule has 5 aromatic rings. The van der Waals surface area contributed by atoms with Gasteiger partial charge in [0.1, 0.15) is 5.69 Å². The van der Waals surface area contributed by atoms with E-state index in [0.717, 1.165) is 16.1 Å². The molecule has 0 bridgehead atoms. The molecule has 4 heterocycles. The third-order valence-corrected chi connectivity index (χ3v) is 5.62. The summed E-state index contributed by atoms with van der Waals surface area (Å²) in [6.45, 7) is 0.874. The number of carbonyl (C=O) groups excluding carboxylic acids is 1. The number of fused-ring (bicyclic) bond motifs is 1. The van der Waals surface area contributed by atoms with Crippen molar-refractivity contribution in [3.05, 3.63) is 95.4 Å². The van der Waals surface area contributed by atoms with Gasteiger partial charge in [-0.15, -0.1) is 21.5 Å². The van der Waals surface area contributed by atoms with E-state index in [1.165, 1.54) is 0 Å². The van der Waals surface area contributed by atoms with E-state index in [0.29, 0.717) is 23.6 Å². The maximum Gasteiger partial charge on any atom is 0.255 e. The SMILES string of the molecule is O=C(NCc1nnc2ccccn12)c1cn(Cc2ccccc2)nc1-c1cccs1. The normalized spacial score (nSPS) is 11.1. The first-order valence-corrected chi connectivity index (χ1v) is 10.4. The highest BCUT2D eigenvalue weighted by Crippen LogP contribution is 2.27. The number of benzene rings is 1. The maximum atomic E-state index is 13.0. The molecule has 0 saturated heterocycles. The molecule has 1 aromatic carbocycles. The summed E-state index contributed by atoms with van der Waals surface area (Å²) in [5, 5.41) is 17.9. The first-order chi connectivity index (χ1) is 14.8. The lowest BCUT2D eigenvalue weighted by molar-refractivity contribution is 0.0950. The first kappa shape index (κ1) is 18.3. The minimum absolute atomic E-state index is 0.189. The van der Waals surface area contributed by atoms with Crippen LogP contribution in [-0.4, -0.2) is 30.3 Å². The number of nitrogens with one attached hydrogen (secondary N) is 1. The number of hydrogen-bond acceptors (Lipinski definition) is 5. The van der Waals surface area contributed by atoms with Crippen molar-refractivity contribution in [3.63, 3.8) is 0 Å². The van der Waals surface area contributed by atoms with Gasteiger partial charge >= 0.3 is 0 Å². The van der Waals surface area contributed by atoms with Crippen molar-refractivity contribution in [1.82, 2.24) is 29.7 Å². The second kappa shape index (κ2) is 7.92. The number of aromatic nitrogens is 5. The minimum atomic E-state index is -0.189. The Labute approximate surface area is 176 Å². The van der Waals surface area contributed by atoms with Gasteiger partial charge in [-0.1, -0.05) is 42.5 Å². The van der Waals surface area contributed by atoms with Gasteiger partial charge in [0.2, 0.25) is 0 Å². The van der Waals surface area contributed by atoms with Gasteiger partial charge < -0.3 is 5.32 Å². The molecule has 0 unspecified atom stereocenters. The van der Waals surface area contributed by atoms with Gasteiger partial charge in [0.25, 0.3) is 5.91 Å². The largest absolute Gasteiger partial charge is 0.345 e. The molecule has 0 atom stereocenters. The maximum absolute atomic E-state index is 13.0. The molecular formula is C22H18N6OS. The van der Waals surface area contributed by atoms with Crippen molar-refractivity contribution in [3.8, 4) is 10.6 Å². The zero-order valence-corrected chi connectivity index (χ0v) is 16.8.